The molecule has 1 atom stereocenters. The minimum atomic E-state index is -2.98. The lowest BCUT2D eigenvalue weighted by Gasteiger charge is -2.26. The molecule has 1 N–H and O–H groups in total. The van der Waals surface area contributed by atoms with Crippen molar-refractivity contribution >= 4 is 21.2 Å². The number of hydrogen-bond acceptors (Lipinski definition) is 6. The van der Waals surface area contributed by atoms with Gasteiger partial charge in [0.1, 0.15) is 5.01 Å². The summed E-state index contributed by atoms with van der Waals surface area (Å²) < 4.78 is 28.7. The number of nitrogens with zero attached hydrogens (tertiary/aromatic N) is 1. The number of rotatable bonds is 5. The first-order valence-electron chi connectivity index (χ1n) is 6.27. The van der Waals surface area contributed by atoms with Crippen LogP contribution in [0.4, 0.5) is 0 Å². The molecule has 1 unspecified atom stereocenters. The molecule has 2 rings (SSSR count). The van der Waals surface area contributed by atoms with Crippen LogP contribution in [0.5, 0.6) is 0 Å². The van der Waals surface area contributed by atoms with E-state index in [2.05, 4.69) is 10.3 Å². The van der Waals surface area contributed by atoms with Gasteiger partial charge in [0, 0.05) is 18.5 Å². The highest BCUT2D eigenvalue weighted by Crippen LogP contribution is 2.36. The van der Waals surface area contributed by atoms with Crippen LogP contribution in [0, 0.1) is 13.8 Å². The number of sulfone groups is 1. The van der Waals surface area contributed by atoms with Gasteiger partial charge in [-0.2, -0.15) is 0 Å². The molecule has 1 aromatic rings. The van der Waals surface area contributed by atoms with Gasteiger partial charge in [0.25, 0.3) is 0 Å². The summed E-state index contributed by atoms with van der Waals surface area (Å²) in [5.41, 5.74) is 0.457. The van der Waals surface area contributed by atoms with Gasteiger partial charge >= 0.3 is 0 Å². The van der Waals surface area contributed by atoms with Crippen molar-refractivity contribution in [1.29, 1.82) is 0 Å². The summed E-state index contributed by atoms with van der Waals surface area (Å²) in [6.45, 7) is 5.17. The van der Waals surface area contributed by atoms with E-state index in [1.165, 1.54) is 0 Å². The average Bonchev–Trinajstić information content (AvgIpc) is 2.82. The highest BCUT2D eigenvalue weighted by Gasteiger charge is 2.45. The van der Waals surface area contributed by atoms with Crippen LogP contribution >= 0.6 is 11.3 Å². The van der Waals surface area contributed by atoms with E-state index < -0.39 is 15.4 Å². The van der Waals surface area contributed by atoms with E-state index in [1.54, 1.807) is 18.4 Å². The molecule has 0 bridgehead atoms. The van der Waals surface area contributed by atoms with E-state index in [4.69, 9.17) is 4.74 Å². The monoisotopic (exact) mass is 304 g/mol. The predicted octanol–water partition coefficient (Wildman–Crippen LogP) is 1.01. The van der Waals surface area contributed by atoms with Crippen molar-refractivity contribution in [2.45, 2.75) is 25.8 Å². The third-order valence-electron chi connectivity index (χ3n) is 3.51. The Hall–Kier alpha value is -0.500. The van der Waals surface area contributed by atoms with Crippen molar-refractivity contribution in [2.75, 3.05) is 31.8 Å². The van der Waals surface area contributed by atoms with Gasteiger partial charge in [0.15, 0.2) is 9.84 Å². The van der Waals surface area contributed by atoms with E-state index in [1.807, 2.05) is 13.8 Å². The quantitative estimate of drug-likeness (QED) is 0.822. The van der Waals surface area contributed by atoms with Crippen molar-refractivity contribution in [3.63, 3.8) is 0 Å². The molecule has 1 aromatic heterocycles. The maximum absolute atomic E-state index is 11.8. The third-order valence-corrected chi connectivity index (χ3v) is 6.55. The molecule has 1 saturated heterocycles. The molecule has 1 fully saturated rings. The zero-order valence-corrected chi connectivity index (χ0v) is 13.2. The van der Waals surface area contributed by atoms with Crippen molar-refractivity contribution < 1.29 is 13.2 Å². The van der Waals surface area contributed by atoms with Crippen LogP contribution in [-0.4, -0.2) is 45.2 Å². The number of hydrogen-bond donors (Lipinski definition) is 1. The van der Waals surface area contributed by atoms with Gasteiger partial charge in [-0.15, -0.1) is 11.3 Å². The van der Waals surface area contributed by atoms with Gasteiger partial charge in [-0.3, -0.25) is 0 Å². The largest absolute Gasteiger partial charge is 0.383 e. The normalized spacial score (nSPS) is 25.8. The van der Waals surface area contributed by atoms with Gasteiger partial charge in [-0.25, -0.2) is 13.4 Å². The van der Waals surface area contributed by atoms with Gasteiger partial charge in [0.2, 0.25) is 0 Å². The Bertz CT molecular complexity index is 534. The molecule has 19 heavy (non-hydrogen) atoms. The second kappa shape index (κ2) is 5.47. The van der Waals surface area contributed by atoms with Gasteiger partial charge in [-0.05, 0) is 20.3 Å². The molecular weight excluding hydrogens is 284 g/mol. The highest BCUT2D eigenvalue weighted by atomic mass is 32.2. The summed E-state index contributed by atoms with van der Waals surface area (Å²) in [4.78, 5) is 5.71. The molecule has 1 aliphatic rings. The minimum absolute atomic E-state index is 0.135. The number of methoxy groups -OCH3 is 1. The van der Waals surface area contributed by atoms with Crippen LogP contribution in [0.15, 0.2) is 0 Å². The fourth-order valence-corrected chi connectivity index (χ4v) is 5.44. The Labute approximate surface area is 118 Å². The number of aryl methyl sites for hydroxylation is 2. The van der Waals surface area contributed by atoms with Crippen LogP contribution < -0.4 is 5.32 Å². The molecule has 5 nitrogen and oxygen atoms in total. The SMILES string of the molecule is COCCNC1(c2nc(C)c(C)s2)CCS(=O)(=O)C1. The fraction of sp³-hybridized carbons (Fsp3) is 0.750. The standard InChI is InChI=1S/C12H20N2O3S2/c1-9-10(2)18-11(14-9)12(13-5-6-17-3)4-7-19(15,16)8-12/h13H,4-8H2,1-3H3. The molecule has 0 amide bonds. The van der Waals surface area contributed by atoms with Crippen LogP contribution in [0.2, 0.25) is 0 Å². The van der Waals surface area contributed by atoms with Crippen LogP contribution in [0.25, 0.3) is 0 Å². The van der Waals surface area contributed by atoms with Crippen molar-refractivity contribution in [3.8, 4) is 0 Å². The Morgan fingerprint density at radius 3 is 2.68 bits per heavy atom. The Morgan fingerprint density at radius 2 is 2.21 bits per heavy atom. The molecule has 0 aromatic carbocycles. The Kier molecular flexibility index (Phi) is 4.29. The number of thiazole rings is 1. The summed E-state index contributed by atoms with van der Waals surface area (Å²) in [6, 6.07) is 0. The zero-order chi connectivity index (χ0) is 14.1. The van der Waals surface area contributed by atoms with Crippen molar-refractivity contribution in [3.05, 3.63) is 15.6 Å². The molecule has 0 spiro atoms. The lowest BCUT2D eigenvalue weighted by Crippen LogP contribution is -2.45. The summed E-state index contributed by atoms with van der Waals surface area (Å²) in [7, 11) is -1.34. The topological polar surface area (TPSA) is 68.3 Å². The van der Waals surface area contributed by atoms with Crippen LogP contribution in [-0.2, 0) is 20.1 Å². The number of aromatic nitrogens is 1. The predicted molar refractivity (Wildman–Crippen MR) is 76.4 cm³/mol. The van der Waals surface area contributed by atoms with Gasteiger partial charge < -0.3 is 10.1 Å². The lowest BCUT2D eigenvalue weighted by molar-refractivity contribution is 0.187. The van der Waals surface area contributed by atoms with E-state index in [0.29, 0.717) is 19.6 Å². The Morgan fingerprint density at radius 1 is 1.47 bits per heavy atom. The van der Waals surface area contributed by atoms with Gasteiger partial charge in [-0.1, -0.05) is 0 Å². The molecule has 0 radical (unpaired) electrons. The van der Waals surface area contributed by atoms with Crippen molar-refractivity contribution in [1.82, 2.24) is 10.3 Å². The Balaban J connectivity index is 2.29. The van der Waals surface area contributed by atoms with E-state index >= 15 is 0 Å². The average molecular weight is 304 g/mol. The summed E-state index contributed by atoms with van der Waals surface area (Å²) in [5, 5.41) is 4.24. The smallest absolute Gasteiger partial charge is 0.152 e. The number of nitrogens with one attached hydrogen (secondary N) is 1. The zero-order valence-electron chi connectivity index (χ0n) is 11.5. The second-order valence-electron chi connectivity index (χ2n) is 5.00. The maximum atomic E-state index is 11.8. The molecule has 0 saturated carbocycles. The fourth-order valence-electron chi connectivity index (χ4n) is 2.30. The maximum Gasteiger partial charge on any atom is 0.152 e. The lowest BCUT2D eigenvalue weighted by atomic mass is 10.00. The van der Waals surface area contributed by atoms with Crippen LogP contribution in [0.1, 0.15) is 22.0 Å². The number of ether oxygens (including phenoxy) is 1. The first-order valence-corrected chi connectivity index (χ1v) is 8.91. The van der Waals surface area contributed by atoms with Crippen LogP contribution in [0.3, 0.4) is 0 Å². The molecule has 1 aliphatic heterocycles. The summed E-state index contributed by atoms with van der Waals surface area (Å²) in [5.74, 6) is 0.362. The summed E-state index contributed by atoms with van der Waals surface area (Å²) >= 11 is 1.59. The summed E-state index contributed by atoms with van der Waals surface area (Å²) in [6.07, 6.45) is 0.589. The highest BCUT2D eigenvalue weighted by molar-refractivity contribution is 7.91. The molecule has 2 heterocycles. The van der Waals surface area contributed by atoms with Gasteiger partial charge in [0.05, 0.1) is 29.3 Å². The molecule has 0 aliphatic carbocycles. The molecular formula is C12H20N2O3S2. The van der Waals surface area contributed by atoms with E-state index in [9.17, 15) is 8.42 Å². The molecule has 7 heteroatoms. The van der Waals surface area contributed by atoms with Crippen molar-refractivity contribution in [2.24, 2.45) is 0 Å². The molecule has 108 valence electrons. The minimum Gasteiger partial charge on any atom is -0.383 e. The second-order valence-corrected chi connectivity index (χ2v) is 8.39. The van der Waals surface area contributed by atoms with E-state index in [0.717, 1.165) is 15.6 Å². The first-order chi connectivity index (χ1) is 8.88. The first kappa shape index (κ1) is 14.9. The third kappa shape index (κ3) is 3.16. The van der Waals surface area contributed by atoms with E-state index in [-0.39, 0.29) is 11.5 Å².